The van der Waals surface area contributed by atoms with Gasteiger partial charge in [-0.2, -0.15) is 0 Å². The van der Waals surface area contributed by atoms with Gasteiger partial charge in [0.1, 0.15) is 0 Å². The van der Waals surface area contributed by atoms with Gasteiger partial charge in [-0.3, -0.25) is 5.21 Å². The number of hydroxylamine groups is 1. The summed E-state index contributed by atoms with van der Waals surface area (Å²) in [5, 5.41) is 10.2. The van der Waals surface area contributed by atoms with Crippen molar-refractivity contribution in [3.63, 3.8) is 0 Å². The highest BCUT2D eigenvalue weighted by Gasteiger charge is 2.19. The summed E-state index contributed by atoms with van der Waals surface area (Å²) < 4.78 is 2.70. The molecule has 0 aromatic carbocycles. The van der Waals surface area contributed by atoms with Gasteiger partial charge in [-0.05, 0) is 30.9 Å². The molecule has 1 N–H and O–H groups in total. The Hall–Kier alpha value is 0.130. The average molecular weight is 298 g/mol. The molecule has 0 aromatic heterocycles. The molecule has 0 unspecified atom stereocenters. The second-order valence-corrected chi connectivity index (χ2v) is 5.95. The molecule has 1 fully saturated rings. The van der Waals surface area contributed by atoms with Crippen molar-refractivity contribution in [2.45, 2.75) is 19.3 Å². The quantitative estimate of drug-likeness (QED) is 0.549. The summed E-state index contributed by atoms with van der Waals surface area (Å²) in [5.74, 6) is 0. The average Bonchev–Trinajstić information content (AvgIpc) is 2.44. The van der Waals surface area contributed by atoms with Crippen LogP contribution in [-0.2, 0) is 0 Å². The van der Waals surface area contributed by atoms with Crippen molar-refractivity contribution in [2.24, 2.45) is 0 Å². The van der Waals surface area contributed by atoms with Gasteiger partial charge in [-0.15, -0.1) is 0 Å². The zero-order chi connectivity index (χ0) is 8.55. The first kappa shape index (κ1) is 8.72. The van der Waals surface area contributed by atoms with Crippen molar-refractivity contribution in [3.8, 4) is 0 Å². The highest BCUT2D eigenvalue weighted by Crippen LogP contribution is 2.34. The van der Waals surface area contributed by atoms with Crippen molar-refractivity contribution < 1.29 is 5.21 Å². The van der Waals surface area contributed by atoms with E-state index in [1.807, 2.05) is 0 Å². The number of rotatable bonds is 0. The van der Waals surface area contributed by atoms with Crippen molar-refractivity contribution in [2.75, 3.05) is 0 Å². The molecule has 0 amide bonds. The van der Waals surface area contributed by atoms with Gasteiger partial charge in [0.2, 0.25) is 0 Å². The summed E-state index contributed by atoms with van der Waals surface area (Å²) in [6.45, 7) is 0. The lowest BCUT2D eigenvalue weighted by atomic mass is 10.2. The lowest BCUT2D eigenvalue weighted by Gasteiger charge is -2.02. The zero-order valence-electron chi connectivity index (χ0n) is 6.43. The normalized spacial score (nSPS) is 23.2. The van der Waals surface area contributed by atoms with E-state index in [-0.39, 0.29) is 21.0 Å². The first-order valence-corrected chi connectivity index (χ1v) is 6.26. The number of hydrogen-bond acceptors (Lipinski definition) is 2. The molecule has 2 aliphatic rings. The van der Waals surface area contributed by atoms with Crippen molar-refractivity contribution in [1.29, 1.82) is 0 Å². The van der Waals surface area contributed by atoms with Crippen molar-refractivity contribution in [3.05, 3.63) is 22.9 Å². The van der Waals surface area contributed by atoms with Crippen LogP contribution in [0.15, 0.2) is 22.9 Å². The lowest BCUT2D eigenvalue weighted by molar-refractivity contribution is 0.0928. The summed E-state index contributed by atoms with van der Waals surface area (Å²) >= 11 is 5.67. The van der Waals surface area contributed by atoms with Gasteiger partial charge < -0.3 is 0 Å². The van der Waals surface area contributed by atoms with Crippen molar-refractivity contribution >= 4 is 36.1 Å². The number of allylic oxidation sites excluding steroid dienone is 3. The van der Waals surface area contributed by atoms with Crippen molar-refractivity contribution in [1.82, 2.24) is 3.28 Å². The Morgan fingerprint density at radius 2 is 2.33 bits per heavy atom. The Morgan fingerprint density at radius 1 is 1.50 bits per heavy atom. The maximum atomic E-state index is 9.34. The standard InChI is InChI=1S/C8H9ClINO/c9-7-4-5-11(12)10-8-3-1-2-6(7)8/h4-5,12H,1-3H2. The molecular weight excluding hydrogens is 288 g/mol. The molecule has 0 atom stereocenters. The summed E-state index contributed by atoms with van der Waals surface area (Å²) in [6.07, 6.45) is 6.86. The van der Waals surface area contributed by atoms with Crippen LogP contribution in [0, 0.1) is 0 Å². The fourth-order valence-corrected chi connectivity index (χ4v) is 4.23. The summed E-state index contributed by atoms with van der Waals surface area (Å²) in [6, 6.07) is 0. The van der Waals surface area contributed by atoms with E-state index in [0.29, 0.717) is 0 Å². The van der Waals surface area contributed by atoms with E-state index in [4.69, 9.17) is 11.6 Å². The summed E-state index contributed by atoms with van der Waals surface area (Å²) in [7, 11) is 0. The zero-order valence-corrected chi connectivity index (χ0v) is 9.34. The Labute approximate surface area is 86.6 Å². The smallest absolute Gasteiger partial charge is 0.0461 e. The maximum absolute atomic E-state index is 9.34. The van der Waals surface area contributed by atoms with E-state index in [2.05, 4.69) is 0 Å². The molecule has 1 saturated carbocycles. The van der Waals surface area contributed by atoms with Gasteiger partial charge in [-0.25, -0.2) is 3.28 Å². The lowest BCUT2D eigenvalue weighted by Crippen LogP contribution is -1.96. The predicted octanol–water partition coefficient (Wildman–Crippen LogP) is 2.94. The van der Waals surface area contributed by atoms with E-state index in [0.717, 1.165) is 17.9 Å². The van der Waals surface area contributed by atoms with E-state index in [1.165, 1.54) is 18.8 Å². The molecule has 2 nitrogen and oxygen atoms in total. The number of hydrogen-bond donors (Lipinski definition) is 1. The molecule has 4 heteroatoms. The van der Waals surface area contributed by atoms with Gasteiger partial charge in [0.05, 0.1) is 0 Å². The topological polar surface area (TPSA) is 23.5 Å². The van der Waals surface area contributed by atoms with Crippen LogP contribution < -0.4 is 0 Å². The van der Waals surface area contributed by atoms with Gasteiger partial charge >= 0.3 is 0 Å². The highest BCUT2D eigenvalue weighted by molar-refractivity contribution is 14.2. The number of nitrogens with zero attached hydrogens (tertiary/aromatic N) is 1. The molecule has 66 valence electrons. The third-order valence-corrected chi connectivity index (χ3v) is 4.91. The minimum atomic E-state index is -0.370. The van der Waals surface area contributed by atoms with Crippen LogP contribution in [0.5, 0.6) is 0 Å². The molecule has 0 aromatic rings. The minimum absolute atomic E-state index is 0.370. The fourth-order valence-electron chi connectivity index (χ4n) is 1.41. The first-order valence-electron chi connectivity index (χ1n) is 3.83. The maximum Gasteiger partial charge on any atom is 0.0461 e. The SMILES string of the molecule is ON1C=CC(Cl)=C2CCCC2=I1. The largest absolute Gasteiger partial charge is 0.280 e. The highest BCUT2D eigenvalue weighted by atomic mass is 127. The Bertz CT molecular complexity index is 295. The predicted molar refractivity (Wildman–Crippen MR) is 58.5 cm³/mol. The van der Waals surface area contributed by atoms with Crippen LogP contribution in [0.25, 0.3) is 0 Å². The molecule has 0 spiro atoms. The van der Waals surface area contributed by atoms with Crippen LogP contribution >= 0.6 is 32.6 Å². The second-order valence-electron chi connectivity index (χ2n) is 2.77. The summed E-state index contributed by atoms with van der Waals surface area (Å²) in [5.41, 5.74) is 1.29. The molecule has 1 heterocycles. The van der Waals surface area contributed by atoms with Crippen LogP contribution in [0.3, 0.4) is 0 Å². The molecule has 12 heavy (non-hydrogen) atoms. The number of fused-ring (bicyclic) bond motifs is 1. The Morgan fingerprint density at radius 3 is 3.17 bits per heavy atom. The van der Waals surface area contributed by atoms with Gasteiger partial charge in [-0.1, -0.05) is 11.6 Å². The van der Waals surface area contributed by atoms with Gasteiger partial charge in [0.25, 0.3) is 0 Å². The molecule has 1 aliphatic heterocycles. The Balaban J connectivity index is 2.44. The summed E-state index contributed by atoms with van der Waals surface area (Å²) in [4.78, 5) is 0. The molecule has 0 radical (unpaired) electrons. The van der Waals surface area contributed by atoms with Crippen LogP contribution in [0.2, 0.25) is 0 Å². The Kier molecular flexibility index (Phi) is 2.52. The van der Waals surface area contributed by atoms with Gasteiger partial charge in [0.15, 0.2) is 0 Å². The van der Waals surface area contributed by atoms with Crippen LogP contribution in [-0.4, -0.2) is 12.0 Å². The van der Waals surface area contributed by atoms with E-state index in [1.54, 1.807) is 12.3 Å². The monoisotopic (exact) mass is 297 g/mol. The molecule has 2 rings (SSSR count). The second kappa shape index (κ2) is 3.47. The van der Waals surface area contributed by atoms with Crippen LogP contribution in [0.4, 0.5) is 0 Å². The van der Waals surface area contributed by atoms with E-state index >= 15 is 0 Å². The third kappa shape index (κ3) is 1.58. The number of halogens is 2. The third-order valence-electron chi connectivity index (χ3n) is 1.97. The van der Waals surface area contributed by atoms with E-state index in [9.17, 15) is 5.21 Å². The van der Waals surface area contributed by atoms with Gasteiger partial charge in [0, 0.05) is 35.7 Å². The molecule has 0 saturated heterocycles. The fraction of sp³-hybridized carbons (Fsp3) is 0.375. The molecule has 0 bridgehead atoms. The minimum Gasteiger partial charge on any atom is -0.280 e. The van der Waals surface area contributed by atoms with Crippen LogP contribution in [0.1, 0.15) is 19.3 Å². The molecular formula is C8H9ClINO. The first-order chi connectivity index (χ1) is 5.77. The molecule has 1 aliphatic carbocycles. The van der Waals surface area contributed by atoms with E-state index < -0.39 is 0 Å².